The molecule has 0 unspecified atom stereocenters. The third kappa shape index (κ3) is 2.51. The maximum absolute atomic E-state index is 4.66. The van der Waals surface area contributed by atoms with Crippen LogP contribution >= 0.6 is 11.3 Å². The lowest BCUT2D eigenvalue weighted by Gasteiger charge is -2.11. The number of aromatic nitrogens is 4. The van der Waals surface area contributed by atoms with Crippen LogP contribution in [0, 0.1) is 0 Å². The lowest BCUT2D eigenvalue weighted by molar-refractivity contribution is 0.529. The SMILES string of the molecule is c1csc(CNc2ncc3ncn(C4CCCC4)c3n2)c1. The molecule has 3 aromatic heterocycles. The fourth-order valence-corrected chi connectivity index (χ4v) is 3.59. The van der Waals surface area contributed by atoms with Crippen molar-refractivity contribution in [3.05, 3.63) is 34.9 Å². The number of fused-ring (bicyclic) bond motifs is 1. The first-order valence-electron chi connectivity index (χ1n) is 7.36. The molecule has 4 rings (SSSR count). The van der Waals surface area contributed by atoms with Gasteiger partial charge >= 0.3 is 0 Å². The van der Waals surface area contributed by atoms with Crippen LogP contribution in [-0.4, -0.2) is 19.5 Å². The molecule has 6 heteroatoms. The van der Waals surface area contributed by atoms with E-state index in [4.69, 9.17) is 0 Å². The second-order valence-electron chi connectivity index (χ2n) is 5.43. The van der Waals surface area contributed by atoms with Gasteiger partial charge in [-0.3, -0.25) is 0 Å². The molecule has 0 radical (unpaired) electrons. The molecule has 1 saturated carbocycles. The van der Waals surface area contributed by atoms with Gasteiger partial charge in [-0.2, -0.15) is 4.98 Å². The molecule has 1 fully saturated rings. The monoisotopic (exact) mass is 299 g/mol. The molecule has 0 amide bonds. The lowest BCUT2D eigenvalue weighted by Crippen LogP contribution is -2.06. The second-order valence-corrected chi connectivity index (χ2v) is 6.46. The molecule has 0 saturated heterocycles. The van der Waals surface area contributed by atoms with Gasteiger partial charge in [0.2, 0.25) is 5.95 Å². The van der Waals surface area contributed by atoms with Crippen molar-refractivity contribution in [1.29, 1.82) is 0 Å². The Morgan fingerprint density at radius 3 is 3.00 bits per heavy atom. The van der Waals surface area contributed by atoms with Crippen molar-refractivity contribution in [3.8, 4) is 0 Å². The van der Waals surface area contributed by atoms with Gasteiger partial charge < -0.3 is 9.88 Å². The van der Waals surface area contributed by atoms with E-state index in [1.807, 2.05) is 12.5 Å². The number of anilines is 1. The first-order chi connectivity index (χ1) is 10.4. The Morgan fingerprint density at radius 2 is 2.19 bits per heavy atom. The zero-order valence-electron chi connectivity index (χ0n) is 11.7. The molecular weight excluding hydrogens is 282 g/mol. The van der Waals surface area contributed by atoms with E-state index in [9.17, 15) is 0 Å². The van der Waals surface area contributed by atoms with Crippen LogP contribution in [0.2, 0.25) is 0 Å². The van der Waals surface area contributed by atoms with E-state index in [2.05, 4.69) is 42.3 Å². The van der Waals surface area contributed by atoms with Gasteiger partial charge in [0.15, 0.2) is 5.65 Å². The van der Waals surface area contributed by atoms with Gasteiger partial charge in [-0.05, 0) is 24.3 Å². The molecule has 1 aliphatic rings. The standard InChI is InChI=1S/C15H17N5S/c1-2-5-11(4-1)20-10-18-13-9-17-15(19-14(13)20)16-8-12-6-3-7-21-12/h3,6-7,9-11H,1-2,4-5,8H2,(H,16,17,19). The lowest BCUT2D eigenvalue weighted by atomic mass is 10.2. The van der Waals surface area contributed by atoms with Crippen LogP contribution in [0.15, 0.2) is 30.0 Å². The smallest absolute Gasteiger partial charge is 0.225 e. The Labute approximate surface area is 127 Å². The summed E-state index contributed by atoms with van der Waals surface area (Å²) in [6, 6.07) is 4.72. The third-order valence-electron chi connectivity index (χ3n) is 4.03. The normalized spacial score (nSPS) is 15.8. The van der Waals surface area contributed by atoms with Crippen LogP contribution in [0.1, 0.15) is 36.6 Å². The van der Waals surface area contributed by atoms with Gasteiger partial charge in [0, 0.05) is 10.9 Å². The summed E-state index contributed by atoms with van der Waals surface area (Å²) in [5, 5.41) is 5.37. The van der Waals surface area contributed by atoms with Crippen LogP contribution in [0.5, 0.6) is 0 Å². The van der Waals surface area contributed by atoms with Crippen molar-refractivity contribution in [1.82, 2.24) is 19.5 Å². The second kappa shape index (κ2) is 5.44. The summed E-state index contributed by atoms with van der Waals surface area (Å²) in [5.41, 5.74) is 1.83. The minimum absolute atomic E-state index is 0.551. The summed E-state index contributed by atoms with van der Waals surface area (Å²) in [6.07, 6.45) is 8.79. The first-order valence-corrected chi connectivity index (χ1v) is 8.24. The average Bonchev–Trinajstić information content (AvgIpc) is 3.24. The quantitative estimate of drug-likeness (QED) is 0.799. The first kappa shape index (κ1) is 12.8. The maximum atomic E-state index is 4.66. The predicted molar refractivity (Wildman–Crippen MR) is 84.5 cm³/mol. The average molecular weight is 299 g/mol. The molecule has 21 heavy (non-hydrogen) atoms. The molecule has 108 valence electrons. The summed E-state index contributed by atoms with van der Waals surface area (Å²) < 4.78 is 2.22. The molecule has 0 aromatic carbocycles. The van der Waals surface area contributed by atoms with Gasteiger partial charge in [-0.25, -0.2) is 9.97 Å². The molecule has 0 atom stereocenters. The Bertz CT molecular complexity index is 728. The van der Waals surface area contributed by atoms with Crippen molar-refractivity contribution >= 4 is 28.4 Å². The Morgan fingerprint density at radius 1 is 1.29 bits per heavy atom. The molecule has 1 aliphatic carbocycles. The highest BCUT2D eigenvalue weighted by molar-refractivity contribution is 7.09. The molecule has 0 aliphatic heterocycles. The van der Waals surface area contributed by atoms with E-state index in [-0.39, 0.29) is 0 Å². The van der Waals surface area contributed by atoms with Crippen molar-refractivity contribution in [3.63, 3.8) is 0 Å². The number of nitrogens with zero attached hydrogens (tertiary/aromatic N) is 4. The van der Waals surface area contributed by atoms with E-state index in [1.165, 1.54) is 30.6 Å². The number of hydrogen-bond donors (Lipinski definition) is 1. The number of nitrogens with one attached hydrogen (secondary N) is 1. The number of thiophene rings is 1. The highest BCUT2D eigenvalue weighted by Gasteiger charge is 2.19. The summed E-state index contributed by atoms with van der Waals surface area (Å²) in [5.74, 6) is 0.677. The summed E-state index contributed by atoms with van der Waals surface area (Å²) in [6.45, 7) is 0.765. The van der Waals surface area contributed by atoms with Crippen molar-refractivity contribution in [2.75, 3.05) is 5.32 Å². The van der Waals surface area contributed by atoms with E-state index in [1.54, 1.807) is 11.3 Å². The van der Waals surface area contributed by atoms with Crippen molar-refractivity contribution in [2.45, 2.75) is 38.3 Å². The Balaban J connectivity index is 1.60. The van der Waals surface area contributed by atoms with Gasteiger partial charge in [0.05, 0.1) is 19.1 Å². The van der Waals surface area contributed by atoms with E-state index < -0.39 is 0 Å². The Hall–Kier alpha value is -1.95. The molecule has 5 nitrogen and oxygen atoms in total. The Kier molecular flexibility index (Phi) is 3.31. The van der Waals surface area contributed by atoms with Crippen LogP contribution in [0.25, 0.3) is 11.2 Å². The molecular formula is C15H17N5S. The number of rotatable bonds is 4. The molecule has 1 N–H and O–H groups in total. The summed E-state index contributed by atoms with van der Waals surface area (Å²) in [4.78, 5) is 14.7. The van der Waals surface area contributed by atoms with Gasteiger partial charge in [-0.1, -0.05) is 18.9 Å². The number of hydrogen-bond acceptors (Lipinski definition) is 5. The highest BCUT2D eigenvalue weighted by Crippen LogP contribution is 2.31. The van der Waals surface area contributed by atoms with E-state index >= 15 is 0 Å². The summed E-state index contributed by atoms with van der Waals surface area (Å²) in [7, 11) is 0. The largest absolute Gasteiger partial charge is 0.349 e. The topological polar surface area (TPSA) is 55.6 Å². The minimum Gasteiger partial charge on any atom is -0.349 e. The van der Waals surface area contributed by atoms with Crippen LogP contribution in [-0.2, 0) is 6.54 Å². The van der Waals surface area contributed by atoms with Gasteiger partial charge in [0.1, 0.15) is 5.52 Å². The van der Waals surface area contributed by atoms with Crippen LogP contribution in [0.3, 0.4) is 0 Å². The predicted octanol–water partition coefficient (Wildman–Crippen LogP) is 3.62. The van der Waals surface area contributed by atoms with Gasteiger partial charge in [-0.15, -0.1) is 11.3 Å². The summed E-state index contributed by atoms with van der Waals surface area (Å²) >= 11 is 1.74. The van der Waals surface area contributed by atoms with Crippen LogP contribution < -0.4 is 5.32 Å². The third-order valence-corrected chi connectivity index (χ3v) is 4.91. The zero-order chi connectivity index (χ0) is 14.1. The fourth-order valence-electron chi connectivity index (χ4n) is 2.94. The minimum atomic E-state index is 0.551. The number of imidazole rings is 1. The highest BCUT2D eigenvalue weighted by atomic mass is 32.1. The van der Waals surface area contributed by atoms with Crippen molar-refractivity contribution in [2.24, 2.45) is 0 Å². The van der Waals surface area contributed by atoms with Gasteiger partial charge in [0.25, 0.3) is 0 Å². The van der Waals surface area contributed by atoms with Crippen molar-refractivity contribution < 1.29 is 0 Å². The van der Waals surface area contributed by atoms with E-state index in [0.717, 1.165) is 17.7 Å². The van der Waals surface area contributed by atoms with Crippen LogP contribution in [0.4, 0.5) is 5.95 Å². The molecule has 3 aromatic rings. The molecule has 0 bridgehead atoms. The molecule has 0 spiro atoms. The van der Waals surface area contributed by atoms with E-state index in [0.29, 0.717) is 12.0 Å². The maximum Gasteiger partial charge on any atom is 0.225 e. The zero-order valence-corrected chi connectivity index (χ0v) is 12.5. The fraction of sp³-hybridized carbons (Fsp3) is 0.400. The molecule has 3 heterocycles.